The molecule has 1 aliphatic rings. The lowest BCUT2D eigenvalue weighted by Crippen LogP contribution is -2.35. The van der Waals surface area contributed by atoms with Gasteiger partial charge in [-0.2, -0.15) is 0 Å². The summed E-state index contributed by atoms with van der Waals surface area (Å²) in [5.41, 5.74) is 8.25. The van der Waals surface area contributed by atoms with Crippen LogP contribution in [0.5, 0.6) is 0 Å². The second-order valence-corrected chi connectivity index (χ2v) is 6.07. The highest BCUT2D eigenvalue weighted by Crippen LogP contribution is 2.26. The van der Waals surface area contributed by atoms with Crippen LogP contribution < -0.4 is 10.6 Å². The first-order valence-electron chi connectivity index (χ1n) is 7.65. The number of nitrogens with two attached hydrogens (primary N) is 1. The fraction of sp³-hybridized carbons (Fsp3) is 0.412. The molecule has 1 aromatic heterocycles. The van der Waals surface area contributed by atoms with Crippen molar-refractivity contribution in [3.63, 3.8) is 0 Å². The van der Waals surface area contributed by atoms with Gasteiger partial charge in [0.2, 0.25) is 0 Å². The van der Waals surface area contributed by atoms with Crippen LogP contribution in [0.25, 0.3) is 10.9 Å². The van der Waals surface area contributed by atoms with Gasteiger partial charge in [0.25, 0.3) is 0 Å². The quantitative estimate of drug-likeness (QED) is 0.694. The van der Waals surface area contributed by atoms with E-state index in [0.29, 0.717) is 18.5 Å². The van der Waals surface area contributed by atoms with E-state index < -0.39 is 0 Å². The Morgan fingerprint density at radius 1 is 1.27 bits per heavy atom. The van der Waals surface area contributed by atoms with Crippen LogP contribution in [0.3, 0.4) is 0 Å². The first-order valence-corrected chi connectivity index (χ1v) is 7.65. The molecule has 0 spiro atoms. The van der Waals surface area contributed by atoms with E-state index in [1.807, 2.05) is 44.2 Å². The summed E-state index contributed by atoms with van der Waals surface area (Å²) in [6.07, 6.45) is 2.44. The summed E-state index contributed by atoms with van der Waals surface area (Å²) in [5, 5.41) is 1.14. The van der Waals surface area contributed by atoms with Crippen molar-refractivity contribution in [2.75, 3.05) is 26.0 Å². The van der Waals surface area contributed by atoms with Gasteiger partial charge >= 0.3 is 0 Å². The minimum Gasteiger partial charge on any atom is -0.370 e. The molecule has 5 nitrogen and oxygen atoms in total. The van der Waals surface area contributed by atoms with Crippen LogP contribution in [0, 0.1) is 0 Å². The summed E-state index contributed by atoms with van der Waals surface area (Å²) in [6, 6.07) is 10.8. The third kappa shape index (κ3) is 2.98. The highest BCUT2D eigenvalue weighted by molar-refractivity contribution is 5.84. The molecule has 22 heavy (non-hydrogen) atoms. The number of pyridine rings is 1. The third-order valence-corrected chi connectivity index (χ3v) is 4.11. The lowest BCUT2D eigenvalue weighted by Gasteiger charge is -2.18. The minimum absolute atomic E-state index is 0.576. The number of guanidine groups is 1. The van der Waals surface area contributed by atoms with Crippen LogP contribution in [0.4, 0.5) is 5.82 Å². The van der Waals surface area contributed by atoms with Crippen molar-refractivity contribution in [1.82, 2.24) is 9.88 Å². The fourth-order valence-electron chi connectivity index (χ4n) is 2.52. The predicted octanol–water partition coefficient (Wildman–Crippen LogP) is 2.21. The number of fused-ring (bicyclic) bond motifs is 1. The smallest absolute Gasteiger partial charge is 0.191 e. The Bertz CT molecular complexity index is 703. The second kappa shape index (κ2) is 5.83. The van der Waals surface area contributed by atoms with Gasteiger partial charge in [-0.05, 0) is 30.5 Å². The van der Waals surface area contributed by atoms with E-state index in [4.69, 9.17) is 5.73 Å². The van der Waals surface area contributed by atoms with Gasteiger partial charge in [-0.3, -0.25) is 0 Å². The maximum Gasteiger partial charge on any atom is 0.191 e. The number of aromatic nitrogens is 1. The van der Waals surface area contributed by atoms with Gasteiger partial charge in [0.1, 0.15) is 5.82 Å². The molecule has 0 saturated heterocycles. The first-order chi connectivity index (χ1) is 10.6. The van der Waals surface area contributed by atoms with E-state index in [1.54, 1.807) is 0 Å². The van der Waals surface area contributed by atoms with Crippen molar-refractivity contribution in [1.29, 1.82) is 0 Å². The molecular weight excluding hydrogens is 274 g/mol. The summed E-state index contributed by atoms with van der Waals surface area (Å²) in [5.74, 6) is 1.56. The number of hydrogen-bond donors (Lipinski definition) is 1. The molecule has 0 aliphatic heterocycles. The molecule has 116 valence electrons. The SMILES string of the molecule is CN(C)c1cc(CN=C(N)N(C)C2CC2)c2ccccc2n1. The Morgan fingerprint density at radius 2 is 2.00 bits per heavy atom. The Morgan fingerprint density at radius 3 is 2.68 bits per heavy atom. The molecule has 3 rings (SSSR count). The number of rotatable bonds is 4. The molecule has 2 aromatic rings. The van der Waals surface area contributed by atoms with Gasteiger partial charge in [-0.1, -0.05) is 18.2 Å². The van der Waals surface area contributed by atoms with E-state index in [-0.39, 0.29) is 0 Å². The van der Waals surface area contributed by atoms with Crippen LogP contribution in [-0.2, 0) is 6.54 Å². The maximum atomic E-state index is 6.10. The zero-order valence-corrected chi connectivity index (χ0v) is 13.5. The van der Waals surface area contributed by atoms with Gasteiger partial charge < -0.3 is 15.5 Å². The van der Waals surface area contributed by atoms with Crippen molar-refractivity contribution in [2.24, 2.45) is 10.7 Å². The summed E-state index contributed by atoms with van der Waals surface area (Å²) in [6.45, 7) is 0.576. The maximum absolute atomic E-state index is 6.10. The summed E-state index contributed by atoms with van der Waals surface area (Å²) in [4.78, 5) is 13.3. The molecule has 1 aromatic carbocycles. The van der Waals surface area contributed by atoms with Crippen molar-refractivity contribution < 1.29 is 0 Å². The molecule has 2 N–H and O–H groups in total. The monoisotopic (exact) mass is 297 g/mol. The van der Waals surface area contributed by atoms with E-state index in [9.17, 15) is 0 Å². The van der Waals surface area contributed by atoms with E-state index in [0.717, 1.165) is 22.3 Å². The van der Waals surface area contributed by atoms with Crippen molar-refractivity contribution >= 4 is 22.7 Å². The van der Waals surface area contributed by atoms with Crippen LogP contribution in [0.15, 0.2) is 35.3 Å². The average Bonchev–Trinajstić information content (AvgIpc) is 3.36. The van der Waals surface area contributed by atoms with Crippen molar-refractivity contribution in [3.05, 3.63) is 35.9 Å². The largest absolute Gasteiger partial charge is 0.370 e. The van der Waals surface area contributed by atoms with Crippen LogP contribution in [0.2, 0.25) is 0 Å². The molecule has 1 fully saturated rings. The minimum atomic E-state index is 0.576. The Labute approximate surface area is 131 Å². The number of anilines is 1. The standard InChI is InChI=1S/C17H23N5/c1-21(2)16-10-12(14-6-4-5-7-15(14)20-16)11-19-17(18)22(3)13-8-9-13/h4-7,10,13H,8-9,11H2,1-3H3,(H2,18,19). The van der Waals surface area contributed by atoms with Gasteiger partial charge in [0.15, 0.2) is 5.96 Å². The molecular formula is C17H23N5. The lowest BCUT2D eigenvalue weighted by molar-refractivity contribution is 0.487. The lowest BCUT2D eigenvalue weighted by atomic mass is 10.1. The highest BCUT2D eigenvalue weighted by atomic mass is 15.3. The zero-order chi connectivity index (χ0) is 15.7. The van der Waals surface area contributed by atoms with Crippen LogP contribution >= 0.6 is 0 Å². The number of nitrogens with zero attached hydrogens (tertiary/aromatic N) is 4. The molecule has 0 amide bonds. The van der Waals surface area contributed by atoms with E-state index in [1.165, 1.54) is 12.8 Å². The summed E-state index contributed by atoms with van der Waals surface area (Å²) >= 11 is 0. The van der Waals surface area contributed by atoms with Gasteiger partial charge in [-0.25, -0.2) is 9.98 Å². The second-order valence-electron chi connectivity index (χ2n) is 6.07. The normalized spacial score (nSPS) is 15.1. The highest BCUT2D eigenvalue weighted by Gasteiger charge is 2.27. The molecule has 0 atom stereocenters. The van der Waals surface area contributed by atoms with Crippen molar-refractivity contribution in [3.8, 4) is 0 Å². The predicted molar refractivity (Wildman–Crippen MR) is 92.2 cm³/mol. The Balaban J connectivity index is 1.93. The Kier molecular flexibility index (Phi) is 3.88. The van der Waals surface area contributed by atoms with Gasteiger partial charge in [0, 0.05) is 32.6 Å². The molecule has 0 bridgehead atoms. The van der Waals surface area contributed by atoms with Gasteiger partial charge in [-0.15, -0.1) is 0 Å². The molecule has 1 heterocycles. The molecule has 1 aliphatic carbocycles. The topological polar surface area (TPSA) is 57.8 Å². The van der Waals surface area contributed by atoms with E-state index in [2.05, 4.69) is 27.0 Å². The van der Waals surface area contributed by atoms with Crippen molar-refractivity contribution in [2.45, 2.75) is 25.4 Å². The number of aliphatic imine (C=N–C) groups is 1. The fourth-order valence-corrected chi connectivity index (χ4v) is 2.52. The molecule has 5 heteroatoms. The molecule has 0 unspecified atom stereocenters. The zero-order valence-electron chi connectivity index (χ0n) is 13.5. The Hall–Kier alpha value is -2.30. The van der Waals surface area contributed by atoms with Crippen LogP contribution in [0.1, 0.15) is 18.4 Å². The molecule has 0 radical (unpaired) electrons. The number of para-hydroxylation sites is 1. The first kappa shape index (κ1) is 14.6. The number of benzene rings is 1. The summed E-state index contributed by atoms with van der Waals surface area (Å²) in [7, 11) is 6.02. The summed E-state index contributed by atoms with van der Waals surface area (Å²) < 4.78 is 0. The van der Waals surface area contributed by atoms with Crippen LogP contribution in [-0.4, -0.2) is 43.0 Å². The molecule has 1 saturated carbocycles. The number of hydrogen-bond acceptors (Lipinski definition) is 3. The third-order valence-electron chi connectivity index (χ3n) is 4.11. The van der Waals surface area contributed by atoms with Gasteiger partial charge in [0.05, 0.1) is 12.1 Å². The average molecular weight is 297 g/mol. The van der Waals surface area contributed by atoms with E-state index >= 15 is 0 Å².